The Morgan fingerprint density at radius 1 is 0.931 bits per heavy atom. The van der Waals surface area contributed by atoms with E-state index in [4.69, 9.17) is 4.74 Å². The molecule has 1 aliphatic carbocycles. The van der Waals surface area contributed by atoms with Crippen molar-refractivity contribution in [2.45, 2.75) is 13.0 Å². The van der Waals surface area contributed by atoms with Crippen molar-refractivity contribution in [2.24, 2.45) is 0 Å². The van der Waals surface area contributed by atoms with E-state index in [1.165, 1.54) is 0 Å². The summed E-state index contributed by atoms with van der Waals surface area (Å²) in [5.74, 6) is 0.0173. The average Bonchev–Trinajstić information content (AvgIpc) is 3.04. The van der Waals surface area contributed by atoms with E-state index in [9.17, 15) is 9.59 Å². The van der Waals surface area contributed by atoms with Crippen LogP contribution in [0.2, 0.25) is 0 Å². The van der Waals surface area contributed by atoms with Crippen LogP contribution in [0.5, 0.6) is 0 Å². The molecule has 2 heterocycles. The molecule has 2 aliphatic rings. The molecule has 148 valence electrons. The number of nitrogens with zero attached hydrogens (tertiary/aromatic N) is 2. The topological polar surface area (TPSA) is 51.5 Å². The second kappa shape index (κ2) is 7.66. The zero-order chi connectivity index (χ0) is 20.0. The first kappa shape index (κ1) is 19.0. The fourth-order valence-corrected chi connectivity index (χ4v) is 4.93. The van der Waals surface area contributed by atoms with Gasteiger partial charge in [-0.05, 0) is 41.1 Å². The van der Waals surface area contributed by atoms with Gasteiger partial charge in [0.25, 0.3) is 5.56 Å². The normalized spacial score (nSPS) is 16.2. The summed E-state index contributed by atoms with van der Waals surface area (Å²) in [6, 6.07) is 13.4. The highest BCUT2D eigenvalue weighted by Gasteiger charge is 2.32. The molecule has 5 rings (SSSR count). The van der Waals surface area contributed by atoms with Crippen molar-refractivity contribution in [2.75, 3.05) is 32.8 Å². The van der Waals surface area contributed by atoms with Gasteiger partial charge in [-0.2, -0.15) is 0 Å². The lowest BCUT2D eigenvalue weighted by molar-refractivity contribution is 0.0369. The lowest BCUT2D eigenvalue weighted by atomic mass is 10.0. The predicted octanol–water partition coefficient (Wildman–Crippen LogP) is 3.54. The van der Waals surface area contributed by atoms with Crippen molar-refractivity contribution in [3.63, 3.8) is 0 Å². The van der Waals surface area contributed by atoms with E-state index < -0.39 is 0 Å². The van der Waals surface area contributed by atoms with E-state index >= 15 is 0 Å². The quantitative estimate of drug-likeness (QED) is 0.403. The minimum Gasteiger partial charge on any atom is -0.379 e. The number of hydrogen-bond acceptors (Lipinski definition) is 4. The van der Waals surface area contributed by atoms with Gasteiger partial charge in [0.15, 0.2) is 5.78 Å². The zero-order valence-corrected chi connectivity index (χ0v) is 18.1. The Morgan fingerprint density at radius 3 is 2.48 bits per heavy atom. The molecule has 0 radical (unpaired) electrons. The molecule has 0 N–H and O–H groups in total. The Labute approximate surface area is 182 Å². The fourth-order valence-electron chi connectivity index (χ4n) is 4.44. The monoisotopic (exact) mass is 500 g/mol. The first-order valence-corrected chi connectivity index (χ1v) is 11.0. The number of carbonyl (C=O) groups excluding carboxylic acids is 1. The Balaban J connectivity index is 1.62. The third-order valence-electron chi connectivity index (χ3n) is 5.85. The van der Waals surface area contributed by atoms with Gasteiger partial charge in [-0.1, -0.05) is 30.3 Å². The Kier molecular flexibility index (Phi) is 5.01. The van der Waals surface area contributed by atoms with E-state index in [-0.39, 0.29) is 11.3 Å². The summed E-state index contributed by atoms with van der Waals surface area (Å²) < 4.78 is 8.25. The molecule has 0 spiro atoms. The molecule has 0 amide bonds. The molecular weight excluding hydrogens is 479 g/mol. The number of pyridine rings is 1. The molecule has 1 saturated heterocycles. The lowest BCUT2D eigenvalue weighted by Gasteiger charge is -2.26. The lowest BCUT2D eigenvalue weighted by Crippen LogP contribution is -2.37. The largest absolute Gasteiger partial charge is 0.379 e. The van der Waals surface area contributed by atoms with E-state index in [2.05, 4.69) is 27.5 Å². The first-order valence-electron chi connectivity index (χ1n) is 9.95. The summed E-state index contributed by atoms with van der Waals surface area (Å²) in [5, 5.41) is 1.39. The highest BCUT2D eigenvalue weighted by molar-refractivity contribution is 14.1. The van der Waals surface area contributed by atoms with Crippen molar-refractivity contribution in [3.8, 4) is 11.3 Å². The molecule has 5 nitrogen and oxygen atoms in total. The highest BCUT2D eigenvalue weighted by Crippen LogP contribution is 2.39. The van der Waals surface area contributed by atoms with Gasteiger partial charge in [0.2, 0.25) is 0 Å². The van der Waals surface area contributed by atoms with Gasteiger partial charge < -0.3 is 9.30 Å². The zero-order valence-electron chi connectivity index (χ0n) is 16.0. The maximum atomic E-state index is 13.5. The maximum Gasteiger partial charge on any atom is 0.258 e. The molecule has 0 atom stereocenters. The summed E-state index contributed by atoms with van der Waals surface area (Å²) in [6.45, 7) is 4.93. The maximum absolute atomic E-state index is 13.5. The smallest absolute Gasteiger partial charge is 0.258 e. The molecule has 0 unspecified atom stereocenters. The van der Waals surface area contributed by atoms with Gasteiger partial charge in [0.05, 0.1) is 24.5 Å². The second-order valence-corrected chi connectivity index (χ2v) is 8.80. The van der Waals surface area contributed by atoms with Crippen LogP contribution in [0.4, 0.5) is 0 Å². The van der Waals surface area contributed by atoms with Gasteiger partial charge in [0.1, 0.15) is 0 Å². The number of halogens is 1. The van der Waals surface area contributed by atoms with Crippen LogP contribution in [0.25, 0.3) is 22.0 Å². The number of benzene rings is 2. The predicted molar refractivity (Wildman–Crippen MR) is 122 cm³/mol. The number of fused-ring (bicyclic) bond motifs is 5. The summed E-state index contributed by atoms with van der Waals surface area (Å²) >= 11 is 2.22. The fraction of sp³-hybridized carbons (Fsp3) is 0.304. The van der Waals surface area contributed by atoms with E-state index in [1.54, 1.807) is 0 Å². The molecule has 6 heteroatoms. The van der Waals surface area contributed by atoms with Gasteiger partial charge in [0, 0.05) is 51.6 Å². The van der Waals surface area contributed by atoms with Crippen LogP contribution in [0, 0.1) is 3.57 Å². The number of morpholine rings is 1. The number of rotatable bonds is 4. The highest BCUT2D eigenvalue weighted by atomic mass is 127. The van der Waals surface area contributed by atoms with Crippen molar-refractivity contribution in [1.82, 2.24) is 9.47 Å². The number of hydrogen-bond donors (Lipinski definition) is 0. The number of aromatic nitrogens is 1. The standard InChI is InChI=1S/C23H21IN2O3/c24-15-6-7-16-19(14-15)23(28)26(9-3-8-25-10-12-29-13-11-25)21-17-4-1-2-5-18(17)22(27)20(16)21/h1-2,4-7,14H,3,8-13H2. The molecule has 3 aromatic rings. The van der Waals surface area contributed by atoms with Gasteiger partial charge in [-0.25, -0.2) is 0 Å². The third kappa shape index (κ3) is 3.23. The molecule has 29 heavy (non-hydrogen) atoms. The van der Waals surface area contributed by atoms with Crippen LogP contribution in [0.1, 0.15) is 22.3 Å². The minimum absolute atomic E-state index is 0.0104. The second-order valence-electron chi connectivity index (χ2n) is 7.55. The molecule has 1 aromatic heterocycles. The van der Waals surface area contributed by atoms with Crippen LogP contribution < -0.4 is 5.56 Å². The molecule has 2 aromatic carbocycles. The Hall–Kier alpha value is -2.03. The summed E-state index contributed by atoms with van der Waals surface area (Å²) in [6.07, 6.45) is 0.859. The van der Waals surface area contributed by atoms with Crippen LogP contribution in [0.3, 0.4) is 0 Å². The molecular formula is C23H21IN2O3. The van der Waals surface area contributed by atoms with Crippen LogP contribution >= 0.6 is 22.6 Å². The third-order valence-corrected chi connectivity index (χ3v) is 6.52. The Bertz CT molecular complexity index is 1180. The summed E-state index contributed by atoms with van der Waals surface area (Å²) in [4.78, 5) is 29.1. The molecule has 1 aliphatic heterocycles. The summed E-state index contributed by atoms with van der Waals surface area (Å²) in [5.41, 5.74) is 3.00. The molecule has 0 saturated carbocycles. The number of ketones is 1. The SMILES string of the molecule is O=C1c2ccccc2-c2c1c1ccc(I)cc1c(=O)n2CCCN1CCOCC1. The van der Waals surface area contributed by atoms with Gasteiger partial charge in [-0.15, -0.1) is 0 Å². The van der Waals surface area contributed by atoms with Gasteiger partial charge >= 0.3 is 0 Å². The number of carbonyl (C=O) groups is 1. The Morgan fingerprint density at radius 2 is 1.69 bits per heavy atom. The minimum atomic E-state index is -0.0104. The van der Waals surface area contributed by atoms with E-state index in [0.29, 0.717) is 23.1 Å². The molecule has 1 fully saturated rings. The number of ether oxygens (including phenoxy) is 1. The molecule has 0 bridgehead atoms. The van der Waals surface area contributed by atoms with E-state index in [1.807, 2.05) is 47.0 Å². The first-order chi connectivity index (χ1) is 14.1. The van der Waals surface area contributed by atoms with Crippen LogP contribution in [0.15, 0.2) is 47.3 Å². The van der Waals surface area contributed by atoms with Crippen LogP contribution in [-0.2, 0) is 11.3 Å². The van der Waals surface area contributed by atoms with Gasteiger partial charge in [-0.3, -0.25) is 14.5 Å². The van der Waals surface area contributed by atoms with Crippen molar-refractivity contribution in [3.05, 3.63) is 67.5 Å². The van der Waals surface area contributed by atoms with Crippen molar-refractivity contribution >= 4 is 39.1 Å². The average molecular weight is 500 g/mol. The van der Waals surface area contributed by atoms with Crippen molar-refractivity contribution in [1.29, 1.82) is 0 Å². The van der Waals surface area contributed by atoms with Crippen LogP contribution in [-0.4, -0.2) is 48.1 Å². The summed E-state index contributed by atoms with van der Waals surface area (Å²) in [7, 11) is 0. The van der Waals surface area contributed by atoms with E-state index in [0.717, 1.165) is 59.5 Å². The van der Waals surface area contributed by atoms with Crippen molar-refractivity contribution < 1.29 is 9.53 Å².